The minimum absolute atomic E-state index is 0.118. The van der Waals surface area contributed by atoms with Gasteiger partial charge in [-0.05, 0) is 30.2 Å². The molecule has 2 aliphatic rings. The molecule has 3 unspecified atom stereocenters. The first-order chi connectivity index (χ1) is 8.75. The van der Waals surface area contributed by atoms with Crippen LogP contribution in [0.5, 0.6) is 0 Å². The number of rotatable bonds is 2. The second kappa shape index (κ2) is 5.02. The lowest BCUT2D eigenvalue weighted by Crippen LogP contribution is -2.41. The van der Waals surface area contributed by atoms with Crippen LogP contribution >= 0.6 is 11.3 Å². The molecular formula is C14H20N2OS. The predicted octanol–water partition coefficient (Wildman–Crippen LogP) is 2.76. The van der Waals surface area contributed by atoms with E-state index in [9.17, 15) is 4.79 Å². The highest BCUT2D eigenvalue weighted by Crippen LogP contribution is 2.35. The van der Waals surface area contributed by atoms with Crippen LogP contribution in [0.15, 0.2) is 17.5 Å². The maximum atomic E-state index is 12.2. The summed E-state index contributed by atoms with van der Waals surface area (Å²) in [5, 5.41) is 5.44. The number of nitrogens with one attached hydrogen (secondary N) is 1. The summed E-state index contributed by atoms with van der Waals surface area (Å²) in [5.41, 5.74) is 0. The van der Waals surface area contributed by atoms with Crippen LogP contribution in [0.25, 0.3) is 0 Å². The highest BCUT2D eigenvalue weighted by molar-refractivity contribution is 7.10. The predicted molar refractivity (Wildman–Crippen MR) is 73.3 cm³/mol. The molecule has 1 aromatic heterocycles. The SMILES string of the molecule is CC1CCCC(N2C(=O)CNC2c2cccs2)C1. The van der Waals surface area contributed by atoms with E-state index >= 15 is 0 Å². The normalized spacial score (nSPS) is 33.1. The zero-order valence-electron chi connectivity index (χ0n) is 10.8. The molecule has 1 saturated carbocycles. The van der Waals surface area contributed by atoms with Gasteiger partial charge in [-0.3, -0.25) is 10.1 Å². The van der Waals surface area contributed by atoms with E-state index in [4.69, 9.17) is 0 Å². The lowest BCUT2D eigenvalue weighted by molar-refractivity contribution is -0.131. The molecule has 3 rings (SSSR count). The number of carbonyl (C=O) groups excluding carboxylic acids is 1. The van der Waals surface area contributed by atoms with Crippen molar-refractivity contribution in [1.29, 1.82) is 0 Å². The van der Waals surface area contributed by atoms with Gasteiger partial charge in [-0.25, -0.2) is 0 Å². The summed E-state index contributed by atoms with van der Waals surface area (Å²) in [6.07, 6.45) is 5.02. The van der Waals surface area contributed by atoms with Crippen LogP contribution in [0.1, 0.15) is 43.6 Å². The quantitative estimate of drug-likeness (QED) is 0.891. The van der Waals surface area contributed by atoms with Gasteiger partial charge in [0, 0.05) is 10.9 Å². The molecule has 1 N–H and O–H groups in total. The molecule has 2 fully saturated rings. The number of amides is 1. The average Bonchev–Trinajstić information content (AvgIpc) is 2.97. The smallest absolute Gasteiger partial charge is 0.238 e. The molecule has 1 saturated heterocycles. The van der Waals surface area contributed by atoms with Crippen LogP contribution in [0, 0.1) is 5.92 Å². The van der Waals surface area contributed by atoms with Gasteiger partial charge >= 0.3 is 0 Å². The van der Waals surface area contributed by atoms with E-state index in [1.54, 1.807) is 11.3 Å². The largest absolute Gasteiger partial charge is 0.318 e. The molecular weight excluding hydrogens is 244 g/mol. The third-order valence-corrected chi connectivity index (χ3v) is 5.05. The van der Waals surface area contributed by atoms with Crippen molar-refractivity contribution in [3.05, 3.63) is 22.4 Å². The van der Waals surface area contributed by atoms with E-state index in [1.165, 1.54) is 24.1 Å². The minimum Gasteiger partial charge on any atom is -0.318 e. The highest BCUT2D eigenvalue weighted by Gasteiger charge is 2.38. The van der Waals surface area contributed by atoms with Crippen molar-refractivity contribution in [3.63, 3.8) is 0 Å². The van der Waals surface area contributed by atoms with Crippen LogP contribution in [0.4, 0.5) is 0 Å². The van der Waals surface area contributed by atoms with Crippen LogP contribution in [0.2, 0.25) is 0 Å². The number of carbonyl (C=O) groups is 1. The number of hydrogen-bond acceptors (Lipinski definition) is 3. The molecule has 18 heavy (non-hydrogen) atoms. The number of nitrogens with zero attached hydrogens (tertiary/aromatic N) is 1. The van der Waals surface area contributed by atoms with E-state index in [0.717, 1.165) is 12.3 Å². The fourth-order valence-corrected chi connectivity index (χ4v) is 4.07. The van der Waals surface area contributed by atoms with Gasteiger partial charge in [-0.1, -0.05) is 25.8 Å². The molecule has 3 nitrogen and oxygen atoms in total. The average molecular weight is 264 g/mol. The first kappa shape index (κ1) is 12.2. The molecule has 0 aromatic carbocycles. The fraction of sp³-hybridized carbons (Fsp3) is 0.643. The second-order valence-corrected chi connectivity index (χ2v) is 6.50. The van der Waals surface area contributed by atoms with Crippen molar-refractivity contribution in [2.75, 3.05) is 6.54 Å². The molecule has 0 radical (unpaired) electrons. The van der Waals surface area contributed by atoms with E-state index in [0.29, 0.717) is 12.6 Å². The minimum atomic E-state index is 0.118. The Labute approximate surface area is 112 Å². The lowest BCUT2D eigenvalue weighted by Gasteiger charge is -2.37. The van der Waals surface area contributed by atoms with E-state index in [1.807, 2.05) is 0 Å². The summed E-state index contributed by atoms with van der Waals surface area (Å²) in [5.74, 6) is 1.02. The molecule has 0 bridgehead atoms. The van der Waals surface area contributed by atoms with Crippen molar-refractivity contribution in [2.24, 2.45) is 5.92 Å². The zero-order chi connectivity index (χ0) is 12.5. The van der Waals surface area contributed by atoms with Crippen molar-refractivity contribution in [3.8, 4) is 0 Å². The molecule has 1 amide bonds. The third-order valence-electron chi connectivity index (χ3n) is 4.13. The van der Waals surface area contributed by atoms with Gasteiger partial charge < -0.3 is 4.90 Å². The molecule has 98 valence electrons. The Kier molecular flexibility index (Phi) is 3.39. The van der Waals surface area contributed by atoms with Crippen LogP contribution in [0.3, 0.4) is 0 Å². The van der Waals surface area contributed by atoms with Gasteiger partial charge in [0.05, 0.1) is 6.54 Å². The Morgan fingerprint density at radius 2 is 2.33 bits per heavy atom. The van der Waals surface area contributed by atoms with Crippen molar-refractivity contribution < 1.29 is 4.79 Å². The van der Waals surface area contributed by atoms with Gasteiger partial charge in [0.2, 0.25) is 5.91 Å². The summed E-state index contributed by atoms with van der Waals surface area (Å²) in [6, 6.07) is 4.62. The zero-order valence-corrected chi connectivity index (χ0v) is 11.6. The number of thiophene rings is 1. The summed E-state index contributed by atoms with van der Waals surface area (Å²) in [7, 11) is 0. The van der Waals surface area contributed by atoms with Crippen LogP contribution < -0.4 is 5.32 Å². The van der Waals surface area contributed by atoms with Gasteiger partial charge in [0.25, 0.3) is 0 Å². The van der Waals surface area contributed by atoms with Gasteiger partial charge in [0.15, 0.2) is 0 Å². The summed E-state index contributed by atoms with van der Waals surface area (Å²) < 4.78 is 0. The third kappa shape index (κ3) is 2.19. The van der Waals surface area contributed by atoms with Gasteiger partial charge in [0.1, 0.15) is 6.17 Å². The highest BCUT2D eigenvalue weighted by atomic mass is 32.1. The Morgan fingerprint density at radius 1 is 1.44 bits per heavy atom. The van der Waals surface area contributed by atoms with Crippen LogP contribution in [-0.2, 0) is 4.79 Å². The van der Waals surface area contributed by atoms with E-state index < -0.39 is 0 Å². The summed E-state index contributed by atoms with van der Waals surface area (Å²) in [6.45, 7) is 2.80. The maximum absolute atomic E-state index is 12.2. The molecule has 0 spiro atoms. The molecule has 4 heteroatoms. The molecule has 1 aromatic rings. The fourth-order valence-electron chi connectivity index (χ4n) is 3.27. The first-order valence-electron chi connectivity index (χ1n) is 6.83. The van der Waals surface area contributed by atoms with Crippen molar-refractivity contribution >= 4 is 17.2 Å². The monoisotopic (exact) mass is 264 g/mol. The molecule has 3 atom stereocenters. The molecule has 1 aliphatic carbocycles. The Bertz CT molecular complexity index is 417. The summed E-state index contributed by atoms with van der Waals surface area (Å²) in [4.78, 5) is 15.5. The lowest BCUT2D eigenvalue weighted by atomic mass is 9.86. The van der Waals surface area contributed by atoms with Gasteiger partial charge in [-0.2, -0.15) is 0 Å². The van der Waals surface area contributed by atoms with Crippen molar-refractivity contribution in [2.45, 2.75) is 44.8 Å². The number of hydrogen-bond donors (Lipinski definition) is 1. The van der Waals surface area contributed by atoms with Gasteiger partial charge in [-0.15, -0.1) is 11.3 Å². The second-order valence-electron chi connectivity index (χ2n) is 5.53. The topological polar surface area (TPSA) is 32.3 Å². The molecule has 2 heterocycles. The first-order valence-corrected chi connectivity index (χ1v) is 7.71. The summed E-state index contributed by atoms with van der Waals surface area (Å²) >= 11 is 1.73. The maximum Gasteiger partial charge on any atom is 0.238 e. The standard InChI is InChI=1S/C14H20N2OS/c1-10-4-2-5-11(8-10)16-13(17)9-15-14(16)12-6-3-7-18-12/h3,6-7,10-11,14-15H,2,4-5,8-9H2,1H3. The Balaban J connectivity index is 1.81. The Hall–Kier alpha value is -0.870. The van der Waals surface area contributed by atoms with E-state index in [2.05, 4.69) is 34.7 Å². The Morgan fingerprint density at radius 3 is 3.06 bits per heavy atom. The van der Waals surface area contributed by atoms with Crippen LogP contribution in [-0.4, -0.2) is 23.4 Å². The van der Waals surface area contributed by atoms with Crippen molar-refractivity contribution in [1.82, 2.24) is 10.2 Å². The van der Waals surface area contributed by atoms with E-state index in [-0.39, 0.29) is 12.1 Å². The molecule has 1 aliphatic heterocycles.